The van der Waals surface area contributed by atoms with Crippen LogP contribution in [-0.4, -0.2) is 9.38 Å². The number of nitrogens with zero attached hydrogens (tertiary/aromatic N) is 2. The molecule has 3 aromatic heterocycles. The van der Waals surface area contributed by atoms with Crippen LogP contribution >= 0.6 is 15.9 Å². The molecule has 0 spiro atoms. The maximum absolute atomic E-state index is 5.74. The van der Waals surface area contributed by atoms with Gasteiger partial charge in [-0.05, 0) is 40.2 Å². The first-order valence-electron chi connectivity index (χ1n) is 4.72. The van der Waals surface area contributed by atoms with Gasteiger partial charge in [-0.15, -0.1) is 0 Å². The van der Waals surface area contributed by atoms with E-state index in [2.05, 4.69) is 20.9 Å². The smallest absolute Gasteiger partial charge is 0.181 e. The van der Waals surface area contributed by atoms with Crippen LogP contribution in [0, 0.1) is 0 Å². The van der Waals surface area contributed by atoms with Gasteiger partial charge in [0, 0.05) is 11.9 Å². The largest absolute Gasteiger partial charge is 0.461 e. The van der Waals surface area contributed by atoms with E-state index < -0.39 is 0 Å². The Morgan fingerprint density at radius 2 is 2.25 bits per heavy atom. The Hall–Kier alpha value is -1.75. The lowest BCUT2D eigenvalue weighted by molar-refractivity contribution is 0.577. The summed E-state index contributed by atoms with van der Waals surface area (Å²) < 4.78 is 8.02. The van der Waals surface area contributed by atoms with Crippen LogP contribution in [-0.2, 0) is 0 Å². The highest BCUT2D eigenvalue weighted by molar-refractivity contribution is 9.10. The molecule has 0 saturated heterocycles. The summed E-state index contributed by atoms with van der Waals surface area (Å²) in [5.74, 6) is 1.48. The first-order valence-corrected chi connectivity index (χ1v) is 5.52. The zero-order valence-electron chi connectivity index (χ0n) is 8.22. The number of hydrogen-bond donors (Lipinski definition) is 1. The predicted molar refractivity (Wildman–Crippen MR) is 65.0 cm³/mol. The summed E-state index contributed by atoms with van der Waals surface area (Å²) in [5, 5.41) is 0. The molecular formula is C11H8BrN3O. The van der Waals surface area contributed by atoms with Gasteiger partial charge in [-0.2, -0.15) is 0 Å². The Morgan fingerprint density at radius 3 is 3.00 bits per heavy atom. The summed E-state index contributed by atoms with van der Waals surface area (Å²) in [4.78, 5) is 4.40. The molecule has 80 valence electrons. The summed E-state index contributed by atoms with van der Waals surface area (Å²) in [6, 6.07) is 7.40. The molecule has 0 fully saturated rings. The minimum absolute atomic E-state index is 0.707. The number of rotatable bonds is 1. The average Bonchev–Trinajstić information content (AvgIpc) is 2.87. The number of fused-ring (bicyclic) bond motifs is 1. The molecule has 3 aromatic rings. The highest BCUT2D eigenvalue weighted by Gasteiger charge is 2.12. The van der Waals surface area contributed by atoms with E-state index in [4.69, 9.17) is 10.2 Å². The standard InChI is InChI=1S/C11H8BrN3O/c12-10-8-6-7(13)3-4-15(8)11(14-10)9-2-1-5-16-9/h1-6H,13H2. The van der Waals surface area contributed by atoms with Gasteiger partial charge in [-0.1, -0.05) is 0 Å². The number of nitrogens with two attached hydrogens (primary N) is 1. The van der Waals surface area contributed by atoms with Crippen molar-refractivity contribution in [3.8, 4) is 11.6 Å². The SMILES string of the molecule is Nc1ccn2c(-c3ccco3)nc(Br)c2c1. The minimum atomic E-state index is 0.707. The second-order valence-electron chi connectivity index (χ2n) is 3.42. The molecule has 0 saturated carbocycles. The van der Waals surface area contributed by atoms with E-state index >= 15 is 0 Å². The van der Waals surface area contributed by atoms with E-state index in [0.717, 1.165) is 21.7 Å². The molecular weight excluding hydrogens is 270 g/mol. The van der Waals surface area contributed by atoms with Gasteiger partial charge in [-0.25, -0.2) is 4.98 Å². The number of hydrogen-bond acceptors (Lipinski definition) is 3. The predicted octanol–water partition coefficient (Wildman–Crippen LogP) is 2.94. The molecule has 3 rings (SSSR count). The highest BCUT2D eigenvalue weighted by Crippen LogP contribution is 2.27. The summed E-state index contributed by atoms with van der Waals surface area (Å²) in [6.45, 7) is 0. The van der Waals surface area contributed by atoms with Crippen molar-refractivity contribution in [1.29, 1.82) is 0 Å². The zero-order valence-corrected chi connectivity index (χ0v) is 9.81. The maximum atomic E-state index is 5.74. The van der Waals surface area contributed by atoms with Crippen molar-refractivity contribution in [2.24, 2.45) is 0 Å². The molecule has 0 atom stereocenters. The van der Waals surface area contributed by atoms with E-state index in [1.54, 1.807) is 6.26 Å². The molecule has 0 amide bonds. The van der Waals surface area contributed by atoms with Gasteiger partial charge in [0.05, 0.1) is 11.8 Å². The number of aromatic nitrogens is 2. The van der Waals surface area contributed by atoms with Crippen molar-refractivity contribution >= 4 is 27.1 Å². The lowest BCUT2D eigenvalue weighted by atomic mass is 10.3. The van der Waals surface area contributed by atoms with Gasteiger partial charge in [0.15, 0.2) is 11.6 Å². The Morgan fingerprint density at radius 1 is 1.38 bits per heavy atom. The zero-order chi connectivity index (χ0) is 11.1. The number of nitrogen functional groups attached to an aromatic ring is 1. The van der Waals surface area contributed by atoms with Crippen molar-refractivity contribution < 1.29 is 4.42 Å². The van der Waals surface area contributed by atoms with E-state index in [0.29, 0.717) is 5.69 Å². The molecule has 0 aromatic carbocycles. The fourth-order valence-corrected chi connectivity index (χ4v) is 2.12. The lowest BCUT2D eigenvalue weighted by Crippen LogP contribution is -1.90. The number of imidazole rings is 1. The Kier molecular flexibility index (Phi) is 2.00. The molecule has 0 bridgehead atoms. The molecule has 0 aliphatic heterocycles. The van der Waals surface area contributed by atoms with Crippen molar-refractivity contribution in [2.75, 3.05) is 5.73 Å². The van der Waals surface area contributed by atoms with Crippen molar-refractivity contribution in [3.05, 3.63) is 41.3 Å². The van der Waals surface area contributed by atoms with E-state index in [1.807, 2.05) is 34.9 Å². The summed E-state index contributed by atoms with van der Waals surface area (Å²) in [7, 11) is 0. The van der Waals surface area contributed by atoms with Crippen LogP contribution < -0.4 is 5.73 Å². The second kappa shape index (κ2) is 3.38. The third kappa shape index (κ3) is 1.32. The third-order valence-corrected chi connectivity index (χ3v) is 2.95. The van der Waals surface area contributed by atoms with Crippen LogP contribution in [0.3, 0.4) is 0 Å². The van der Waals surface area contributed by atoms with Crippen LogP contribution in [0.1, 0.15) is 0 Å². The fraction of sp³-hybridized carbons (Fsp3) is 0. The first kappa shape index (κ1) is 9.47. The Balaban J connectivity index is 2.35. The minimum Gasteiger partial charge on any atom is -0.461 e. The van der Waals surface area contributed by atoms with E-state index in [1.165, 1.54) is 0 Å². The van der Waals surface area contributed by atoms with Crippen LogP contribution in [0.2, 0.25) is 0 Å². The number of anilines is 1. The first-order chi connectivity index (χ1) is 7.75. The molecule has 0 radical (unpaired) electrons. The monoisotopic (exact) mass is 277 g/mol. The van der Waals surface area contributed by atoms with Gasteiger partial charge >= 0.3 is 0 Å². The molecule has 3 heterocycles. The van der Waals surface area contributed by atoms with Crippen LogP contribution in [0.25, 0.3) is 17.1 Å². The molecule has 0 aliphatic rings. The second-order valence-corrected chi connectivity index (χ2v) is 4.17. The number of halogens is 1. The maximum Gasteiger partial charge on any atom is 0.181 e. The average molecular weight is 278 g/mol. The van der Waals surface area contributed by atoms with Crippen molar-refractivity contribution in [1.82, 2.24) is 9.38 Å². The molecule has 0 aliphatic carbocycles. The number of furan rings is 1. The van der Waals surface area contributed by atoms with E-state index in [9.17, 15) is 0 Å². The van der Waals surface area contributed by atoms with Gasteiger partial charge in [0.1, 0.15) is 4.60 Å². The Labute approximate surface area is 99.8 Å². The summed E-state index contributed by atoms with van der Waals surface area (Å²) in [5.41, 5.74) is 7.37. The van der Waals surface area contributed by atoms with Crippen LogP contribution in [0.5, 0.6) is 0 Å². The third-order valence-electron chi connectivity index (χ3n) is 2.36. The van der Waals surface area contributed by atoms with Crippen LogP contribution in [0.15, 0.2) is 45.7 Å². The molecule has 5 heteroatoms. The molecule has 2 N–H and O–H groups in total. The molecule has 16 heavy (non-hydrogen) atoms. The summed E-state index contributed by atoms with van der Waals surface area (Å²) >= 11 is 3.41. The molecule has 0 unspecified atom stereocenters. The topological polar surface area (TPSA) is 56.5 Å². The highest BCUT2D eigenvalue weighted by atomic mass is 79.9. The van der Waals surface area contributed by atoms with Gasteiger partial charge in [0.25, 0.3) is 0 Å². The van der Waals surface area contributed by atoms with Gasteiger partial charge < -0.3 is 10.2 Å². The number of pyridine rings is 1. The van der Waals surface area contributed by atoms with Crippen LogP contribution in [0.4, 0.5) is 5.69 Å². The molecule has 4 nitrogen and oxygen atoms in total. The lowest BCUT2D eigenvalue weighted by Gasteiger charge is -1.98. The van der Waals surface area contributed by atoms with Gasteiger partial charge in [-0.3, -0.25) is 4.40 Å². The van der Waals surface area contributed by atoms with Crippen molar-refractivity contribution in [3.63, 3.8) is 0 Å². The fourth-order valence-electron chi connectivity index (χ4n) is 1.64. The van der Waals surface area contributed by atoms with E-state index in [-0.39, 0.29) is 0 Å². The van der Waals surface area contributed by atoms with Crippen molar-refractivity contribution in [2.45, 2.75) is 0 Å². The van der Waals surface area contributed by atoms with Gasteiger partial charge in [0.2, 0.25) is 0 Å². The normalized spacial score (nSPS) is 11.1. The Bertz CT molecular complexity index is 643. The summed E-state index contributed by atoms with van der Waals surface area (Å²) in [6.07, 6.45) is 3.50. The quantitative estimate of drug-likeness (QED) is 0.744.